The number of nitrogens with two attached hydrogens (primary N) is 1. The van der Waals surface area contributed by atoms with Gasteiger partial charge in [-0.2, -0.15) is 0 Å². The van der Waals surface area contributed by atoms with Crippen molar-refractivity contribution >= 4 is 5.78 Å². The summed E-state index contributed by atoms with van der Waals surface area (Å²) in [5.74, 6) is 6.02. The largest absolute Gasteiger partial charge is 0.298 e. The second kappa shape index (κ2) is 4.55. The van der Waals surface area contributed by atoms with Gasteiger partial charge in [0.15, 0.2) is 5.78 Å². The lowest BCUT2D eigenvalue weighted by atomic mass is 9.90. The first kappa shape index (κ1) is 10.3. The second-order valence-corrected chi connectivity index (χ2v) is 4.11. The molecule has 1 aromatic rings. The Kier molecular flexibility index (Phi) is 3.14. The number of Topliss-reactive ketones (excluding diaryl/α,β-unsaturated/α-hetero) is 1. The van der Waals surface area contributed by atoms with Crippen LogP contribution in [0.25, 0.3) is 0 Å². The number of ketones is 1. The first-order chi connectivity index (χ1) is 7.25. The highest BCUT2D eigenvalue weighted by molar-refractivity contribution is 5.83. The minimum Gasteiger partial charge on any atom is -0.298 e. The average molecular weight is 204 g/mol. The van der Waals surface area contributed by atoms with Gasteiger partial charge in [-0.25, -0.2) is 5.01 Å². The molecule has 1 atom stereocenters. The smallest absolute Gasteiger partial charge is 0.151 e. The number of rotatable bonds is 2. The van der Waals surface area contributed by atoms with Gasteiger partial charge < -0.3 is 0 Å². The number of nitrogens with zero attached hydrogens (tertiary/aromatic N) is 1. The standard InChI is InChI=1S/C12H16N2O/c13-14-7-6-11(12(15)9-14)8-10-4-2-1-3-5-10/h1-5,11H,6-9,13H2. The lowest BCUT2D eigenvalue weighted by molar-refractivity contribution is -0.126. The molecular weight excluding hydrogens is 188 g/mol. The summed E-state index contributed by atoms with van der Waals surface area (Å²) in [6.45, 7) is 1.22. The Morgan fingerprint density at radius 1 is 1.33 bits per heavy atom. The van der Waals surface area contributed by atoms with Crippen LogP contribution in [0.4, 0.5) is 0 Å². The van der Waals surface area contributed by atoms with E-state index in [-0.39, 0.29) is 11.7 Å². The van der Waals surface area contributed by atoms with Crippen LogP contribution in [0.15, 0.2) is 30.3 Å². The number of carbonyl (C=O) groups is 1. The average Bonchev–Trinajstić information content (AvgIpc) is 2.24. The maximum atomic E-state index is 11.7. The third-order valence-electron chi connectivity index (χ3n) is 2.90. The second-order valence-electron chi connectivity index (χ2n) is 4.11. The molecular formula is C12H16N2O. The van der Waals surface area contributed by atoms with Crippen LogP contribution >= 0.6 is 0 Å². The zero-order chi connectivity index (χ0) is 10.7. The molecule has 2 N–H and O–H groups in total. The highest BCUT2D eigenvalue weighted by Gasteiger charge is 2.25. The third kappa shape index (κ3) is 2.64. The number of carbonyl (C=O) groups excluding carboxylic acids is 1. The van der Waals surface area contributed by atoms with E-state index >= 15 is 0 Å². The lowest BCUT2D eigenvalue weighted by Crippen LogP contribution is -2.45. The normalized spacial score (nSPS) is 23.0. The van der Waals surface area contributed by atoms with Crippen molar-refractivity contribution in [3.63, 3.8) is 0 Å². The molecule has 0 aliphatic carbocycles. The molecule has 1 aliphatic heterocycles. The summed E-state index contributed by atoms with van der Waals surface area (Å²) >= 11 is 0. The van der Waals surface area contributed by atoms with Crippen LogP contribution in [0, 0.1) is 5.92 Å². The van der Waals surface area contributed by atoms with Gasteiger partial charge in [0.1, 0.15) is 0 Å². The molecule has 0 spiro atoms. The van der Waals surface area contributed by atoms with Gasteiger partial charge in [-0.3, -0.25) is 10.6 Å². The van der Waals surface area contributed by atoms with E-state index in [1.165, 1.54) is 5.56 Å². The molecule has 1 saturated heterocycles. The molecule has 3 nitrogen and oxygen atoms in total. The highest BCUT2D eigenvalue weighted by Crippen LogP contribution is 2.17. The van der Waals surface area contributed by atoms with Gasteiger partial charge in [0.05, 0.1) is 6.54 Å². The number of benzene rings is 1. The van der Waals surface area contributed by atoms with Gasteiger partial charge >= 0.3 is 0 Å². The Balaban J connectivity index is 1.98. The molecule has 1 aromatic carbocycles. The van der Waals surface area contributed by atoms with Gasteiger partial charge in [-0.15, -0.1) is 0 Å². The molecule has 1 fully saturated rings. The maximum absolute atomic E-state index is 11.7. The highest BCUT2D eigenvalue weighted by atomic mass is 16.1. The van der Waals surface area contributed by atoms with Gasteiger partial charge in [-0.05, 0) is 18.4 Å². The summed E-state index contributed by atoms with van der Waals surface area (Å²) in [7, 11) is 0. The van der Waals surface area contributed by atoms with E-state index < -0.39 is 0 Å². The molecule has 1 unspecified atom stereocenters. The lowest BCUT2D eigenvalue weighted by Gasteiger charge is -2.27. The van der Waals surface area contributed by atoms with Crippen molar-refractivity contribution in [1.82, 2.24) is 5.01 Å². The Morgan fingerprint density at radius 3 is 2.73 bits per heavy atom. The van der Waals surface area contributed by atoms with Gasteiger partial charge in [0.25, 0.3) is 0 Å². The fourth-order valence-electron chi connectivity index (χ4n) is 2.01. The molecule has 2 rings (SSSR count). The quantitative estimate of drug-likeness (QED) is 0.731. The molecule has 80 valence electrons. The SMILES string of the molecule is NN1CCC(Cc2ccccc2)C(=O)C1. The minimum atomic E-state index is 0.159. The number of piperidine rings is 1. The van der Waals surface area contributed by atoms with Crippen LogP contribution in [-0.4, -0.2) is 23.9 Å². The molecule has 0 radical (unpaired) electrons. The zero-order valence-corrected chi connectivity index (χ0v) is 8.73. The molecule has 15 heavy (non-hydrogen) atoms. The molecule has 0 bridgehead atoms. The van der Waals surface area contributed by atoms with Crippen molar-refractivity contribution in [2.24, 2.45) is 11.8 Å². The first-order valence-corrected chi connectivity index (χ1v) is 5.32. The van der Waals surface area contributed by atoms with Crippen LogP contribution in [0.5, 0.6) is 0 Å². The van der Waals surface area contributed by atoms with Crippen molar-refractivity contribution in [3.05, 3.63) is 35.9 Å². The summed E-state index contributed by atoms with van der Waals surface area (Å²) in [6, 6.07) is 10.2. The predicted octanol–water partition coefficient (Wildman–Crippen LogP) is 0.994. The van der Waals surface area contributed by atoms with Crippen LogP contribution < -0.4 is 5.84 Å². The molecule has 3 heteroatoms. The Labute approximate surface area is 89.8 Å². The summed E-state index contributed by atoms with van der Waals surface area (Å²) in [5.41, 5.74) is 1.24. The number of hydrogen-bond acceptors (Lipinski definition) is 3. The molecule has 0 amide bonds. The molecule has 1 aliphatic rings. The van der Waals surface area contributed by atoms with E-state index in [9.17, 15) is 4.79 Å². The van der Waals surface area contributed by atoms with E-state index in [0.29, 0.717) is 6.54 Å². The fourth-order valence-corrected chi connectivity index (χ4v) is 2.01. The minimum absolute atomic E-state index is 0.159. The predicted molar refractivity (Wildman–Crippen MR) is 59.0 cm³/mol. The van der Waals surface area contributed by atoms with Crippen molar-refractivity contribution in [2.45, 2.75) is 12.8 Å². The first-order valence-electron chi connectivity index (χ1n) is 5.32. The van der Waals surface area contributed by atoms with Crippen molar-refractivity contribution in [2.75, 3.05) is 13.1 Å². The van der Waals surface area contributed by atoms with Crippen molar-refractivity contribution in [1.29, 1.82) is 0 Å². The van der Waals surface area contributed by atoms with Gasteiger partial charge in [0, 0.05) is 12.5 Å². The Morgan fingerprint density at radius 2 is 2.07 bits per heavy atom. The third-order valence-corrected chi connectivity index (χ3v) is 2.90. The number of hydrazine groups is 1. The monoisotopic (exact) mass is 204 g/mol. The summed E-state index contributed by atoms with van der Waals surface area (Å²) in [4.78, 5) is 11.7. The molecule has 1 heterocycles. The maximum Gasteiger partial charge on any atom is 0.151 e. The van der Waals surface area contributed by atoms with E-state index in [4.69, 9.17) is 5.84 Å². The van der Waals surface area contributed by atoms with E-state index in [1.54, 1.807) is 5.01 Å². The van der Waals surface area contributed by atoms with Crippen LogP contribution in [0.3, 0.4) is 0 Å². The topological polar surface area (TPSA) is 46.3 Å². The zero-order valence-electron chi connectivity index (χ0n) is 8.73. The van der Waals surface area contributed by atoms with Gasteiger partial charge in [0.2, 0.25) is 0 Å². The van der Waals surface area contributed by atoms with Crippen molar-refractivity contribution < 1.29 is 4.79 Å². The Bertz CT molecular complexity index is 337. The van der Waals surface area contributed by atoms with Crippen molar-refractivity contribution in [3.8, 4) is 0 Å². The summed E-state index contributed by atoms with van der Waals surface area (Å²) in [6.07, 6.45) is 1.73. The van der Waals surface area contributed by atoms with Crippen LogP contribution in [0.2, 0.25) is 0 Å². The molecule has 0 aromatic heterocycles. The van der Waals surface area contributed by atoms with Gasteiger partial charge in [-0.1, -0.05) is 30.3 Å². The fraction of sp³-hybridized carbons (Fsp3) is 0.417. The van der Waals surface area contributed by atoms with Crippen LogP contribution in [-0.2, 0) is 11.2 Å². The van der Waals surface area contributed by atoms with E-state index in [1.807, 2.05) is 18.2 Å². The van der Waals surface area contributed by atoms with Crippen LogP contribution in [0.1, 0.15) is 12.0 Å². The Hall–Kier alpha value is -1.19. The summed E-state index contributed by atoms with van der Waals surface area (Å²) < 4.78 is 0. The number of hydrogen-bond donors (Lipinski definition) is 1. The van der Waals surface area contributed by atoms with E-state index in [2.05, 4.69) is 12.1 Å². The van der Waals surface area contributed by atoms with E-state index in [0.717, 1.165) is 19.4 Å². The molecule has 0 saturated carbocycles. The summed E-state index contributed by atoms with van der Waals surface area (Å²) in [5, 5.41) is 1.60.